The molecule has 134 valence electrons. The molecule has 10 heteroatoms. The van der Waals surface area contributed by atoms with Crippen molar-refractivity contribution >= 4 is 41.5 Å². The van der Waals surface area contributed by atoms with Gasteiger partial charge in [-0.15, -0.1) is 37.1 Å². The lowest BCUT2D eigenvalue weighted by molar-refractivity contribution is -0.274. The maximum absolute atomic E-state index is 12.3. The molecular weight excluding hydrogens is 440 g/mol. The van der Waals surface area contributed by atoms with Crippen molar-refractivity contribution in [2.75, 3.05) is 18.4 Å². The summed E-state index contributed by atoms with van der Waals surface area (Å²) in [5.41, 5.74) is 5.67. The van der Waals surface area contributed by atoms with Crippen LogP contribution in [0.2, 0.25) is 0 Å². The van der Waals surface area contributed by atoms with Crippen LogP contribution in [0, 0.1) is 5.92 Å². The topological polar surface area (TPSA) is 88.7 Å². The van der Waals surface area contributed by atoms with E-state index in [1.165, 1.54) is 24.3 Å². The van der Waals surface area contributed by atoms with E-state index in [9.17, 15) is 18.0 Å². The molecule has 2 rings (SSSR count). The number of guanidine groups is 1. The van der Waals surface area contributed by atoms with Crippen LogP contribution in [0.3, 0.4) is 0 Å². The second kappa shape index (κ2) is 8.94. The standard InChI is InChI=1S/C14H17F3N4O2.HI/c15-14(16,17)23-11-4-2-1-3-10(11)21-13(18)20-8-7-19-12(22)9-5-6-9;/h1-4,9H,5-8H2,(H,19,22)(H3,18,20,21);1H. The Morgan fingerprint density at radius 1 is 1.33 bits per heavy atom. The van der Waals surface area contributed by atoms with Crippen molar-refractivity contribution in [1.82, 2.24) is 5.32 Å². The quantitative estimate of drug-likeness (QED) is 0.265. The predicted octanol–water partition coefficient (Wildman–Crippen LogP) is 2.46. The number of amides is 1. The summed E-state index contributed by atoms with van der Waals surface area (Å²) in [4.78, 5) is 15.3. The first-order chi connectivity index (χ1) is 10.8. The maximum Gasteiger partial charge on any atom is 0.573 e. The predicted molar refractivity (Wildman–Crippen MR) is 94.4 cm³/mol. The number of carbonyl (C=O) groups is 1. The number of aliphatic imine (C=N–C) groups is 1. The number of ether oxygens (including phenoxy) is 1. The van der Waals surface area contributed by atoms with Crippen LogP contribution in [0.15, 0.2) is 29.3 Å². The summed E-state index contributed by atoms with van der Waals surface area (Å²) in [6.45, 7) is 0.540. The molecule has 4 N–H and O–H groups in total. The highest BCUT2D eigenvalue weighted by molar-refractivity contribution is 14.0. The van der Waals surface area contributed by atoms with Crippen molar-refractivity contribution in [2.24, 2.45) is 16.6 Å². The second-order valence-electron chi connectivity index (χ2n) is 5.00. The molecule has 1 saturated carbocycles. The van der Waals surface area contributed by atoms with Gasteiger partial charge in [-0.1, -0.05) is 12.1 Å². The van der Waals surface area contributed by atoms with E-state index >= 15 is 0 Å². The third kappa shape index (κ3) is 7.23. The van der Waals surface area contributed by atoms with Crippen molar-refractivity contribution in [3.05, 3.63) is 24.3 Å². The molecule has 1 aliphatic rings. The smallest absolute Gasteiger partial charge is 0.404 e. The Morgan fingerprint density at radius 3 is 2.62 bits per heavy atom. The zero-order chi connectivity index (χ0) is 16.9. The number of rotatable bonds is 6. The van der Waals surface area contributed by atoms with Crippen LogP contribution < -0.4 is 21.1 Å². The van der Waals surface area contributed by atoms with Crippen molar-refractivity contribution in [2.45, 2.75) is 19.2 Å². The monoisotopic (exact) mass is 458 g/mol. The Bertz CT molecular complexity index is 592. The van der Waals surface area contributed by atoms with E-state index in [0.29, 0.717) is 6.54 Å². The first-order valence-electron chi connectivity index (χ1n) is 7.04. The van der Waals surface area contributed by atoms with E-state index in [4.69, 9.17) is 5.73 Å². The Hall–Kier alpha value is -1.72. The number of hydrogen-bond acceptors (Lipinski definition) is 3. The normalized spacial score (nSPS) is 14.5. The fraction of sp³-hybridized carbons (Fsp3) is 0.429. The molecule has 1 amide bonds. The molecular formula is C14H18F3IN4O2. The molecule has 1 aliphatic carbocycles. The summed E-state index contributed by atoms with van der Waals surface area (Å²) in [6, 6.07) is 5.50. The van der Waals surface area contributed by atoms with Crippen molar-refractivity contribution < 1.29 is 22.7 Å². The molecule has 0 bridgehead atoms. The van der Waals surface area contributed by atoms with Gasteiger partial charge in [-0.25, -0.2) is 0 Å². The molecule has 0 heterocycles. The number of anilines is 1. The lowest BCUT2D eigenvalue weighted by Gasteiger charge is -2.14. The molecule has 6 nitrogen and oxygen atoms in total. The molecule has 1 aromatic carbocycles. The maximum atomic E-state index is 12.3. The van der Waals surface area contributed by atoms with Crippen molar-refractivity contribution in [3.8, 4) is 5.75 Å². The minimum atomic E-state index is -4.79. The lowest BCUT2D eigenvalue weighted by Crippen LogP contribution is -2.29. The van der Waals surface area contributed by atoms with Crippen LogP contribution in [0.4, 0.5) is 18.9 Å². The van der Waals surface area contributed by atoms with Crippen LogP contribution in [-0.4, -0.2) is 31.3 Å². The van der Waals surface area contributed by atoms with Gasteiger partial charge in [-0.3, -0.25) is 9.79 Å². The Kier molecular flexibility index (Phi) is 7.58. The second-order valence-corrected chi connectivity index (χ2v) is 5.00. The van der Waals surface area contributed by atoms with Crippen LogP contribution in [0.5, 0.6) is 5.75 Å². The van der Waals surface area contributed by atoms with E-state index in [1.54, 1.807) is 0 Å². The number of nitrogens with zero attached hydrogens (tertiary/aromatic N) is 1. The average Bonchev–Trinajstić information content (AvgIpc) is 3.28. The lowest BCUT2D eigenvalue weighted by atomic mass is 10.3. The van der Waals surface area contributed by atoms with E-state index in [-0.39, 0.29) is 54.0 Å². The molecule has 0 unspecified atom stereocenters. The molecule has 0 spiro atoms. The highest BCUT2D eigenvalue weighted by atomic mass is 127. The van der Waals surface area contributed by atoms with E-state index in [2.05, 4.69) is 20.4 Å². The van der Waals surface area contributed by atoms with Crippen molar-refractivity contribution in [1.29, 1.82) is 0 Å². The van der Waals surface area contributed by atoms with E-state index in [1.807, 2.05) is 0 Å². The number of benzene rings is 1. The Labute approximate surface area is 154 Å². The summed E-state index contributed by atoms with van der Waals surface area (Å²) >= 11 is 0. The van der Waals surface area contributed by atoms with Crippen LogP contribution in [-0.2, 0) is 4.79 Å². The number of alkyl halides is 3. The molecule has 1 fully saturated rings. The fourth-order valence-electron chi connectivity index (χ4n) is 1.81. The van der Waals surface area contributed by atoms with Crippen LogP contribution in [0.25, 0.3) is 0 Å². The van der Waals surface area contributed by atoms with Crippen LogP contribution in [0.1, 0.15) is 12.8 Å². The summed E-state index contributed by atoms with van der Waals surface area (Å²) in [5, 5.41) is 5.25. The molecule has 0 radical (unpaired) electrons. The van der Waals surface area contributed by atoms with Crippen molar-refractivity contribution in [3.63, 3.8) is 0 Å². The molecule has 0 atom stereocenters. The zero-order valence-electron chi connectivity index (χ0n) is 12.6. The minimum Gasteiger partial charge on any atom is -0.404 e. The summed E-state index contributed by atoms with van der Waals surface area (Å²) in [5.74, 6) is -0.361. The SMILES string of the molecule is I.NC(=NCCNC(=O)C1CC1)Nc1ccccc1OC(F)(F)F. The third-order valence-electron chi connectivity index (χ3n) is 3.02. The third-order valence-corrected chi connectivity index (χ3v) is 3.02. The van der Waals surface area contributed by atoms with Gasteiger partial charge in [0.2, 0.25) is 5.91 Å². The number of hydrogen-bond donors (Lipinski definition) is 3. The Morgan fingerprint density at radius 2 is 2.00 bits per heavy atom. The van der Waals surface area contributed by atoms with E-state index < -0.39 is 12.1 Å². The highest BCUT2D eigenvalue weighted by Gasteiger charge is 2.32. The number of para-hydroxylation sites is 2. The first-order valence-corrected chi connectivity index (χ1v) is 7.04. The minimum absolute atomic E-state index is 0. The van der Waals surface area contributed by atoms with Gasteiger partial charge in [-0.2, -0.15) is 0 Å². The largest absolute Gasteiger partial charge is 0.573 e. The molecule has 24 heavy (non-hydrogen) atoms. The molecule has 0 saturated heterocycles. The van der Waals surface area contributed by atoms with Gasteiger partial charge in [0, 0.05) is 12.5 Å². The van der Waals surface area contributed by atoms with Gasteiger partial charge in [0.25, 0.3) is 0 Å². The highest BCUT2D eigenvalue weighted by Crippen LogP contribution is 2.30. The van der Waals surface area contributed by atoms with Gasteiger partial charge < -0.3 is 21.1 Å². The molecule has 1 aromatic rings. The molecule has 0 aromatic heterocycles. The number of halogens is 4. The summed E-state index contributed by atoms with van der Waals surface area (Å²) < 4.78 is 40.8. The number of nitrogens with one attached hydrogen (secondary N) is 2. The zero-order valence-corrected chi connectivity index (χ0v) is 14.9. The summed E-state index contributed by atoms with van der Waals surface area (Å²) in [6.07, 6.45) is -2.97. The molecule has 0 aliphatic heterocycles. The van der Waals surface area contributed by atoms with Crippen LogP contribution >= 0.6 is 24.0 Å². The first kappa shape index (κ1) is 20.3. The van der Waals surface area contributed by atoms with Gasteiger partial charge in [0.15, 0.2) is 11.7 Å². The summed E-state index contributed by atoms with van der Waals surface area (Å²) in [7, 11) is 0. The van der Waals surface area contributed by atoms with Gasteiger partial charge in [-0.05, 0) is 25.0 Å². The Balaban J connectivity index is 0.00000288. The van der Waals surface area contributed by atoms with E-state index in [0.717, 1.165) is 12.8 Å². The fourth-order valence-corrected chi connectivity index (χ4v) is 1.81. The number of nitrogens with two attached hydrogens (primary N) is 1. The average molecular weight is 458 g/mol. The van der Waals surface area contributed by atoms with Gasteiger partial charge >= 0.3 is 6.36 Å². The number of carbonyl (C=O) groups excluding carboxylic acids is 1. The van der Waals surface area contributed by atoms with Gasteiger partial charge in [0.05, 0.1) is 12.2 Å². The van der Waals surface area contributed by atoms with Gasteiger partial charge in [0.1, 0.15) is 0 Å².